The summed E-state index contributed by atoms with van der Waals surface area (Å²) in [6.07, 6.45) is 7.60. The van der Waals surface area contributed by atoms with Gasteiger partial charge < -0.3 is 12.4 Å². The lowest BCUT2D eigenvalue weighted by molar-refractivity contribution is -0.00000612. The predicted octanol–water partition coefficient (Wildman–Crippen LogP) is 4.37. The van der Waals surface area contributed by atoms with Gasteiger partial charge in [-0.15, -0.1) is 11.3 Å². The maximum absolute atomic E-state index is 2.49. The summed E-state index contributed by atoms with van der Waals surface area (Å²) in [5, 5.41) is 6.79. The fourth-order valence-corrected chi connectivity index (χ4v) is 10.0. The molecular weight excluding hydrogens is 447 g/mol. The first-order valence-electron chi connectivity index (χ1n) is 11.4. The first kappa shape index (κ1) is 24.7. The Morgan fingerprint density at radius 3 is 1.62 bits per heavy atom. The summed E-state index contributed by atoms with van der Waals surface area (Å²) >= 11 is 1.95. The van der Waals surface area contributed by atoms with E-state index >= 15 is 0 Å². The minimum Gasteiger partial charge on any atom is -1.00 e. The van der Waals surface area contributed by atoms with E-state index in [0.29, 0.717) is 0 Å². The summed E-state index contributed by atoms with van der Waals surface area (Å²) in [7, 11) is -1.79. The van der Waals surface area contributed by atoms with E-state index in [0.717, 1.165) is 6.16 Å². The monoisotopic (exact) mass is 478 g/mol. The number of hydrogen-bond acceptors (Lipinski definition) is 1. The number of benzene rings is 3. The molecule has 0 nitrogen and oxygen atoms in total. The molecule has 0 bridgehead atoms. The molecule has 0 saturated carbocycles. The summed E-state index contributed by atoms with van der Waals surface area (Å²) in [6, 6.07) is 36.1. The van der Waals surface area contributed by atoms with Gasteiger partial charge >= 0.3 is 0 Å². The lowest BCUT2D eigenvalue weighted by Crippen LogP contribution is -3.00. The third-order valence-corrected chi connectivity index (χ3v) is 11.6. The molecule has 3 aromatic carbocycles. The summed E-state index contributed by atoms with van der Waals surface area (Å²) in [5.41, 5.74) is 1.52. The number of halogens is 1. The minimum absolute atomic E-state index is 0. The molecule has 0 spiro atoms. The Balaban J connectivity index is 0.00000289. The van der Waals surface area contributed by atoms with Crippen molar-refractivity contribution in [3.63, 3.8) is 0 Å². The first-order chi connectivity index (χ1) is 15.3. The average Bonchev–Trinajstić information content (AvgIpc) is 3.29. The first-order valence-corrected chi connectivity index (χ1v) is 14.3. The predicted molar refractivity (Wildman–Crippen MR) is 141 cm³/mol. The minimum atomic E-state index is -1.79. The lowest BCUT2D eigenvalue weighted by Gasteiger charge is -2.27. The van der Waals surface area contributed by atoms with Crippen molar-refractivity contribution in [3.05, 3.63) is 113 Å². The number of aryl methyl sites for hydroxylation is 1. The van der Waals surface area contributed by atoms with Gasteiger partial charge in [0.25, 0.3) is 0 Å². The smallest absolute Gasteiger partial charge is 0.117 e. The largest absolute Gasteiger partial charge is 1.00 e. The summed E-state index contributed by atoms with van der Waals surface area (Å²) in [4.78, 5) is 1.51. The van der Waals surface area contributed by atoms with Crippen LogP contribution in [0.4, 0.5) is 0 Å². The maximum Gasteiger partial charge on any atom is 0.117 e. The van der Waals surface area contributed by atoms with E-state index in [1.807, 2.05) is 11.3 Å². The molecule has 0 radical (unpaired) electrons. The van der Waals surface area contributed by atoms with E-state index in [2.05, 4.69) is 109 Å². The maximum atomic E-state index is 2.49. The van der Waals surface area contributed by atoms with Crippen molar-refractivity contribution in [2.45, 2.75) is 45.2 Å². The van der Waals surface area contributed by atoms with Gasteiger partial charge in [0.1, 0.15) is 29.3 Å². The second-order valence-electron chi connectivity index (χ2n) is 8.21. The van der Waals surface area contributed by atoms with Crippen molar-refractivity contribution in [3.8, 4) is 0 Å². The molecule has 0 saturated heterocycles. The Morgan fingerprint density at radius 2 is 1.16 bits per heavy atom. The molecule has 0 amide bonds. The van der Waals surface area contributed by atoms with Crippen LogP contribution >= 0.6 is 18.6 Å². The molecule has 166 valence electrons. The Labute approximate surface area is 204 Å². The molecule has 32 heavy (non-hydrogen) atoms. The van der Waals surface area contributed by atoms with E-state index in [1.165, 1.54) is 58.5 Å². The highest BCUT2D eigenvalue weighted by Gasteiger charge is 2.45. The quantitative estimate of drug-likeness (QED) is 0.234. The highest BCUT2D eigenvalue weighted by molar-refractivity contribution is 7.95. The second-order valence-corrected chi connectivity index (χ2v) is 12.7. The molecule has 4 rings (SSSR count). The molecule has 0 unspecified atom stereocenters. The fraction of sp³-hybridized carbons (Fsp3) is 0.241. The van der Waals surface area contributed by atoms with Crippen LogP contribution in [-0.2, 0) is 12.6 Å². The van der Waals surface area contributed by atoms with Crippen molar-refractivity contribution in [2.75, 3.05) is 0 Å². The van der Waals surface area contributed by atoms with Gasteiger partial charge in [0.2, 0.25) is 0 Å². The molecule has 1 heterocycles. The van der Waals surface area contributed by atoms with Crippen LogP contribution in [0.5, 0.6) is 0 Å². The highest BCUT2D eigenvalue weighted by Crippen LogP contribution is 2.58. The van der Waals surface area contributed by atoms with Crippen molar-refractivity contribution < 1.29 is 12.4 Å². The Kier molecular flexibility index (Phi) is 9.54. The van der Waals surface area contributed by atoms with Crippen LogP contribution in [0, 0.1) is 0 Å². The normalized spacial score (nSPS) is 11.2. The van der Waals surface area contributed by atoms with Gasteiger partial charge in [0, 0.05) is 4.88 Å². The van der Waals surface area contributed by atoms with Gasteiger partial charge in [-0.1, -0.05) is 80.8 Å². The number of rotatable bonds is 10. The van der Waals surface area contributed by atoms with Gasteiger partial charge in [-0.25, -0.2) is 0 Å². The molecular formula is C29H32ClPS. The molecule has 0 aliphatic carbocycles. The zero-order valence-electron chi connectivity index (χ0n) is 18.8. The lowest BCUT2D eigenvalue weighted by atomic mass is 10.1. The molecule has 1 aromatic heterocycles. The summed E-state index contributed by atoms with van der Waals surface area (Å²) < 4.78 is 0. The van der Waals surface area contributed by atoms with Crippen molar-refractivity contribution in [1.82, 2.24) is 0 Å². The van der Waals surface area contributed by atoms with Gasteiger partial charge in [-0.2, -0.15) is 0 Å². The topological polar surface area (TPSA) is 0 Å². The van der Waals surface area contributed by atoms with Crippen LogP contribution in [0.2, 0.25) is 0 Å². The van der Waals surface area contributed by atoms with Crippen LogP contribution in [0.1, 0.15) is 43.0 Å². The van der Waals surface area contributed by atoms with E-state index in [9.17, 15) is 0 Å². The average molecular weight is 479 g/mol. The number of thiophene rings is 1. The van der Waals surface area contributed by atoms with Gasteiger partial charge in [-0.3, -0.25) is 0 Å². The highest BCUT2D eigenvalue weighted by atomic mass is 35.5. The van der Waals surface area contributed by atoms with Crippen LogP contribution in [0.15, 0.2) is 102 Å². The molecule has 0 aliphatic rings. The third-order valence-electron chi connectivity index (χ3n) is 6.01. The molecule has 0 N–H and O–H groups in total. The molecule has 4 aromatic rings. The van der Waals surface area contributed by atoms with Crippen LogP contribution in [0.25, 0.3) is 0 Å². The standard InChI is InChI=1S/C29H32PS.ClH/c1-2-3-4-8-15-25-22-29(31-24-25)23-30(26-16-9-5-10-17-26,27-18-11-6-12-19-27)28-20-13-7-14-21-28;/h5-7,9-14,16-22,24H,2-4,8,15,23H2,1H3;1H/q+1;/p-1. The van der Waals surface area contributed by atoms with Crippen LogP contribution < -0.4 is 28.3 Å². The van der Waals surface area contributed by atoms with E-state index in [1.54, 1.807) is 0 Å². The van der Waals surface area contributed by atoms with Gasteiger partial charge in [-0.05, 0) is 66.2 Å². The molecule has 0 atom stereocenters. The van der Waals surface area contributed by atoms with Crippen molar-refractivity contribution in [1.29, 1.82) is 0 Å². The number of unbranched alkanes of at least 4 members (excludes halogenated alkanes) is 3. The van der Waals surface area contributed by atoms with E-state index in [4.69, 9.17) is 0 Å². The third kappa shape index (κ3) is 5.70. The fourth-order valence-electron chi connectivity index (χ4n) is 4.40. The Hall–Kier alpha value is -1.92. The Bertz CT molecular complexity index is 948. The SMILES string of the molecule is CCCCCCc1csc(C[P+](c2ccccc2)(c2ccccc2)c2ccccc2)c1.[Cl-]. The second kappa shape index (κ2) is 12.4. The summed E-state index contributed by atoms with van der Waals surface area (Å²) in [5.74, 6) is 0. The van der Waals surface area contributed by atoms with Crippen molar-refractivity contribution in [2.24, 2.45) is 0 Å². The zero-order chi connectivity index (χ0) is 21.4. The zero-order valence-corrected chi connectivity index (χ0v) is 21.3. The van der Waals surface area contributed by atoms with Crippen LogP contribution in [-0.4, -0.2) is 0 Å². The number of hydrogen-bond donors (Lipinski definition) is 0. The summed E-state index contributed by atoms with van der Waals surface area (Å²) in [6.45, 7) is 2.28. The van der Waals surface area contributed by atoms with Crippen LogP contribution in [0.3, 0.4) is 0 Å². The van der Waals surface area contributed by atoms with Gasteiger partial charge in [0.05, 0.1) is 0 Å². The van der Waals surface area contributed by atoms with E-state index < -0.39 is 7.26 Å². The van der Waals surface area contributed by atoms with Crippen molar-refractivity contribution >= 4 is 34.5 Å². The van der Waals surface area contributed by atoms with E-state index in [-0.39, 0.29) is 12.4 Å². The molecule has 0 fully saturated rings. The molecule has 3 heteroatoms. The Morgan fingerprint density at radius 1 is 0.656 bits per heavy atom. The molecule has 0 aliphatic heterocycles. The van der Waals surface area contributed by atoms with Gasteiger partial charge in [0.15, 0.2) is 0 Å².